The van der Waals surface area contributed by atoms with Crippen molar-refractivity contribution in [1.29, 1.82) is 0 Å². The van der Waals surface area contributed by atoms with Gasteiger partial charge in [-0.2, -0.15) is 0 Å². The molecule has 0 aromatic carbocycles. The second-order valence-corrected chi connectivity index (χ2v) is 3.68. The lowest BCUT2D eigenvalue weighted by Crippen LogP contribution is -2.32. The van der Waals surface area contributed by atoms with Crippen molar-refractivity contribution in [2.75, 3.05) is 20.0 Å². The van der Waals surface area contributed by atoms with E-state index in [2.05, 4.69) is 9.05 Å². The zero-order valence-corrected chi connectivity index (χ0v) is 9.13. The van der Waals surface area contributed by atoms with Gasteiger partial charge in [-0.1, -0.05) is 0 Å². The SMILES string of the molecule is O=C(O)CN(CO[P+](=O)O)CO[P+](=O)O. The Morgan fingerprint density at radius 1 is 1.13 bits per heavy atom. The summed E-state index contributed by atoms with van der Waals surface area (Å²) in [5.74, 6) is -1.23. The van der Waals surface area contributed by atoms with E-state index in [1.165, 1.54) is 0 Å². The molecule has 2 atom stereocenters. The van der Waals surface area contributed by atoms with Gasteiger partial charge in [0.1, 0.15) is 6.54 Å². The molecule has 15 heavy (non-hydrogen) atoms. The van der Waals surface area contributed by atoms with Gasteiger partial charge in [-0.3, -0.25) is 4.79 Å². The Labute approximate surface area is 86.1 Å². The molecule has 0 saturated carbocycles. The van der Waals surface area contributed by atoms with Gasteiger partial charge < -0.3 is 5.11 Å². The average Bonchev–Trinajstić information content (AvgIpc) is 2.08. The molecule has 0 aromatic rings. The highest BCUT2D eigenvalue weighted by Crippen LogP contribution is 2.17. The molecule has 0 spiro atoms. The van der Waals surface area contributed by atoms with E-state index < -0.39 is 42.5 Å². The van der Waals surface area contributed by atoms with Crippen LogP contribution in [0.1, 0.15) is 0 Å². The molecular weight excluding hydrogens is 252 g/mol. The first-order valence-corrected chi connectivity index (χ1v) is 5.70. The molecule has 0 fully saturated rings. The number of carbonyl (C=O) groups is 1. The van der Waals surface area contributed by atoms with Crippen LogP contribution in [0.3, 0.4) is 0 Å². The molecule has 0 aliphatic carbocycles. The summed E-state index contributed by atoms with van der Waals surface area (Å²) in [6, 6.07) is 0. The summed E-state index contributed by atoms with van der Waals surface area (Å²) < 4.78 is 28.7. The number of rotatable bonds is 8. The van der Waals surface area contributed by atoms with Gasteiger partial charge in [0, 0.05) is 9.13 Å². The van der Waals surface area contributed by atoms with Gasteiger partial charge in [0.2, 0.25) is 0 Å². The average molecular weight is 261 g/mol. The maximum absolute atomic E-state index is 10.3. The number of hydrogen-bond acceptors (Lipinski definition) is 6. The highest BCUT2D eigenvalue weighted by molar-refractivity contribution is 7.32. The topological polar surface area (TPSA) is 134 Å². The van der Waals surface area contributed by atoms with Crippen LogP contribution < -0.4 is 0 Å². The molecule has 3 N–H and O–H groups in total. The van der Waals surface area contributed by atoms with Crippen molar-refractivity contribution in [3.63, 3.8) is 0 Å². The zero-order valence-electron chi connectivity index (χ0n) is 7.35. The Morgan fingerprint density at radius 2 is 1.53 bits per heavy atom. The van der Waals surface area contributed by atoms with Crippen LogP contribution in [0.4, 0.5) is 0 Å². The number of aliphatic carboxylic acids is 1. The Bertz CT molecular complexity index is 239. The zero-order chi connectivity index (χ0) is 11.8. The van der Waals surface area contributed by atoms with E-state index in [1.807, 2.05) is 0 Å². The van der Waals surface area contributed by atoms with Gasteiger partial charge in [-0.05, 0) is 0 Å². The minimum absolute atomic E-state index is 0.499. The van der Waals surface area contributed by atoms with Crippen LogP contribution in [-0.2, 0) is 23.0 Å². The fraction of sp³-hybridized carbons (Fsp3) is 0.750. The first-order chi connectivity index (χ1) is 6.91. The Balaban J connectivity index is 3.99. The first kappa shape index (κ1) is 14.5. The third-order valence-corrected chi connectivity index (χ3v) is 1.73. The summed E-state index contributed by atoms with van der Waals surface area (Å²) in [6.45, 7) is -1.55. The predicted octanol–water partition coefficient (Wildman–Crippen LogP) is -0.379. The van der Waals surface area contributed by atoms with Crippen molar-refractivity contribution in [2.24, 2.45) is 0 Å². The van der Waals surface area contributed by atoms with E-state index in [1.54, 1.807) is 0 Å². The van der Waals surface area contributed by atoms with Crippen molar-refractivity contribution in [3.05, 3.63) is 0 Å². The van der Waals surface area contributed by atoms with E-state index in [0.717, 1.165) is 4.90 Å². The summed E-state index contributed by atoms with van der Waals surface area (Å²) in [4.78, 5) is 27.7. The van der Waals surface area contributed by atoms with Gasteiger partial charge in [0.05, 0.1) is 0 Å². The largest absolute Gasteiger partial charge is 0.696 e. The molecule has 2 unspecified atom stereocenters. The van der Waals surface area contributed by atoms with E-state index in [4.69, 9.17) is 14.9 Å². The normalized spacial score (nSPS) is 12.7. The fourth-order valence-electron chi connectivity index (χ4n) is 0.582. The minimum Gasteiger partial charge on any atom is -0.480 e. The van der Waals surface area contributed by atoms with Gasteiger partial charge in [-0.15, -0.1) is 18.8 Å². The predicted molar refractivity (Wildman–Crippen MR) is 45.9 cm³/mol. The molecule has 0 aromatic heterocycles. The van der Waals surface area contributed by atoms with Crippen LogP contribution in [0.2, 0.25) is 0 Å². The van der Waals surface area contributed by atoms with E-state index >= 15 is 0 Å². The molecule has 86 valence electrons. The van der Waals surface area contributed by atoms with Gasteiger partial charge >= 0.3 is 22.5 Å². The first-order valence-electron chi connectivity index (χ1n) is 3.44. The molecule has 11 heteroatoms. The molecule has 0 radical (unpaired) electrons. The van der Waals surface area contributed by atoms with Crippen LogP contribution in [0.25, 0.3) is 0 Å². The van der Waals surface area contributed by atoms with Crippen molar-refractivity contribution in [3.8, 4) is 0 Å². The van der Waals surface area contributed by atoms with Crippen molar-refractivity contribution >= 4 is 22.5 Å². The molecule has 0 saturated heterocycles. The number of nitrogens with zero attached hydrogens (tertiary/aromatic N) is 1. The number of carboxylic acid groups (broad SMARTS) is 1. The Morgan fingerprint density at radius 3 is 1.80 bits per heavy atom. The van der Waals surface area contributed by atoms with Gasteiger partial charge in [0.25, 0.3) is 0 Å². The molecule has 0 heterocycles. The highest BCUT2D eigenvalue weighted by atomic mass is 31.1. The standard InChI is InChI=1S/C4H7NO8P2/c6-4(7)1-5(2-12-14(8)9)3-13-15(10)11/h1-3H2,(H-2,6,7,8,9,10,11)/p+2. The third kappa shape index (κ3) is 9.77. The van der Waals surface area contributed by atoms with E-state index in [9.17, 15) is 13.9 Å². The molecule has 0 aliphatic heterocycles. The molecule has 0 bridgehead atoms. The lowest BCUT2D eigenvalue weighted by molar-refractivity contribution is -0.140. The number of hydrogen-bond donors (Lipinski definition) is 3. The van der Waals surface area contributed by atoms with Crippen molar-refractivity contribution in [2.45, 2.75) is 0 Å². The van der Waals surface area contributed by atoms with Crippen molar-refractivity contribution < 1.29 is 37.9 Å². The molecular formula is C4H9NO8P2+2. The summed E-state index contributed by atoms with van der Waals surface area (Å²) in [5.41, 5.74) is 0. The van der Waals surface area contributed by atoms with Crippen LogP contribution >= 0.6 is 16.5 Å². The third-order valence-electron chi connectivity index (χ3n) is 1.06. The number of carboxylic acids is 1. The molecule has 0 aliphatic rings. The lowest BCUT2D eigenvalue weighted by atomic mass is 10.6. The summed E-state index contributed by atoms with van der Waals surface area (Å²) in [5, 5.41) is 8.39. The summed E-state index contributed by atoms with van der Waals surface area (Å²) in [7, 11) is -5.72. The van der Waals surface area contributed by atoms with E-state index in [-0.39, 0.29) is 0 Å². The quantitative estimate of drug-likeness (QED) is 0.394. The Kier molecular flexibility index (Phi) is 7.45. The minimum atomic E-state index is -2.86. The lowest BCUT2D eigenvalue weighted by Gasteiger charge is -2.11. The van der Waals surface area contributed by atoms with Gasteiger partial charge in [0.15, 0.2) is 13.5 Å². The molecule has 0 amide bonds. The van der Waals surface area contributed by atoms with Crippen LogP contribution in [0, 0.1) is 0 Å². The van der Waals surface area contributed by atoms with Crippen LogP contribution in [-0.4, -0.2) is 45.8 Å². The molecule has 0 rings (SSSR count). The maximum atomic E-state index is 10.3. The van der Waals surface area contributed by atoms with Crippen molar-refractivity contribution in [1.82, 2.24) is 4.90 Å². The van der Waals surface area contributed by atoms with Gasteiger partial charge in [-0.25, -0.2) is 4.90 Å². The molecule has 9 nitrogen and oxygen atoms in total. The maximum Gasteiger partial charge on any atom is 0.696 e. The second kappa shape index (κ2) is 7.72. The monoisotopic (exact) mass is 261 g/mol. The summed E-state index contributed by atoms with van der Waals surface area (Å²) >= 11 is 0. The van der Waals surface area contributed by atoms with Crippen LogP contribution in [0.5, 0.6) is 0 Å². The smallest absolute Gasteiger partial charge is 0.480 e. The van der Waals surface area contributed by atoms with E-state index in [0.29, 0.717) is 0 Å². The Hall–Kier alpha value is -0.530. The fourth-order valence-corrected chi connectivity index (χ4v) is 1.11. The highest BCUT2D eigenvalue weighted by Gasteiger charge is 2.22. The second-order valence-electron chi connectivity index (χ2n) is 2.21. The summed E-state index contributed by atoms with van der Waals surface area (Å²) in [6.07, 6.45) is 0. The van der Waals surface area contributed by atoms with Crippen LogP contribution in [0.15, 0.2) is 0 Å².